The number of hydrogen-bond acceptors (Lipinski definition) is 4. The van der Waals surface area contributed by atoms with E-state index in [1.54, 1.807) is 6.07 Å². The van der Waals surface area contributed by atoms with Crippen LogP contribution < -0.4 is 4.74 Å². The maximum atomic E-state index is 13.6. The van der Waals surface area contributed by atoms with Gasteiger partial charge in [-0.05, 0) is 43.7 Å². The summed E-state index contributed by atoms with van der Waals surface area (Å²) < 4.78 is 23.3. The van der Waals surface area contributed by atoms with Gasteiger partial charge in [-0.15, -0.1) is 0 Å². The van der Waals surface area contributed by atoms with Crippen LogP contribution >= 0.6 is 0 Å². The van der Waals surface area contributed by atoms with Crippen LogP contribution in [0.15, 0.2) is 36.4 Å². The van der Waals surface area contributed by atoms with E-state index in [1.165, 1.54) is 19.2 Å². The Morgan fingerprint density at radius 1 is 1.09 bits per heavy atom. The SMILES string of the molecule is COc1ccc(C(=O)OCC(=O)c2cc(C)ccc2C)cc1F. The lowest BCUT2D eigenvalue weighted by Crippen LogP contribution is -2.15. The van der Waals surface area contributed by atoms with Gasteiger partial charge in [0.25, 0.3) is 0 Å². The highest BCUT2D eigenvalue weighted by molar-refractivity contribution is 6.00. The van der Waals surface area contributed by atoms with Crippen LogP contribution in [0.2, 0.25) is 0 Å². The third-order valence-corrected chi connectivity index (χ3v) is 3.42. The zero-order chi connectivity index (χ0) is 17.0. The fourth-order valence-corrected chi connectivity index (χ4v) is 2.12. The minimum Gasteiger partial charge on any atom is -0.494 e. The van der Waals surface area contributed by atoms with Gasteiger partial charge in [-0.3, -0.25) is 4.79 Å². The summed E-state index contributed by atoms with van der Waals surface area (Å²) in [5.41, 5.74) is 2.30. The molecule has 2 rings (SSSR count). The number of ketones is 1. The maximum absolute atomic E-state index is 13.6. The molecule has 120 valence electrons. The molecule has 2 aromatic carbocycles. The molecule has 0 bridgehead atoms. The summed E-state index contributed by atoms with van der Waals surface area (Å²) in [5, 5.41) is 0. The monoisotopic (exact) mass is 316 g/mol. The average Bonchev–Trinajstić information content (AvgIpc) is 2.54. The Morgan fingerprint density at radius 3 is 2.48 bits per heavy atom. The molecule has 2 aromatic rings. The van der Waals surface area contributed by atoms with Gasteiger partial charge in [-0.1, -0.05) is 17.7 Å². The summed E-state index contributed by atoms with van der Waals surface area (Å²) >= 11 is 0. The second-order valence-electron chi connectivity index (χ2n) is 5.17. The Bertz CT molecular complexity index is 753. The highest BCUT2D eigenvalue weighted by Crippen LogP contribution is 2.18. The van der Waals surface area contributed by atoms with Gasteiger partial charge >= 0.3 is 5.97 Å². The molecule has 0 N–H and O–H groups in total. The molecule has 0 saturated heterocycles. The van der Waals surface area contributed by atoms with Gasteiger partial charge in [0, 0.05) is 5.56 Å². The number of esters is 1. The van der Waals surface area contributed by atoms with E-state index >= 15 is 0 Å². The first-order chi connectivity index (χ1) is 10.9. The van der Waals surface area contributed by atoms with Gasteiger partial charge in [-0.25, -0.2) is 9.18 Å². The molecular weight excluding hydrogens is 299 g/mol. The molecule has 0 unspecified atom stereocenters. The van der Waals surface area contributed by atoms with E-state index in [0.29, 0.717) is 5.56 Å². The summed E-state index contributed by atoms with van der Waals surface area (Å²) in [6.07, 6.45) is 0. The average molecular weight is 316 g/mol. The Balaban J connectivity index is 2.05. The normalized spacial score (nSPS) is 10.3. The topological polar surface area (TPSA) is 52.6 Å². The van der Waals surface area contributed by atoms with Crippen molar-refractivity contribution in [1.82, 2.24) is 0 Å². The molecule has 0 spiro atoms. The maximum Gasteiger partial charge on any atom is 0.338 e. The molecular formula is C18H17FO4. The van der Waals surface area contributed by atoms with Crippen LogP contribution in [0.5, 0.6) is 5.75 Å². The molecule has 0 aliphatic heterocycles. The lowest BCUT2D eigenvalue weighted by Gasteiger charge is -2.08. The van der Waals surface area contributed by atoms with E-state index in [9.17, 15) is 14.0 Å². The number of halogens is 1. The number of carbonyl (C=O) groups is 2. The van der Waals surface area contributed by atoms with Crippen LogP contribution in [0.3, 0.4) is 0 Å². The quantitative estimate of drug-likeness (QED) is 0.626. The minimum absolute atomic E-state index is 0.0251. The molecule has 0 radical (unpaired) electrons. The van der Waals surface area contributed by atoms with Crippen LogP contribution in [-0.4, -0.2) is 25.5 Å². The molecule has 0 amide bonds. The molecule has 0 aliphatic carbocycles. The molecule has 0 heterocycles. The number of rotatable bonds is 5. The number of hydrogen-bond donors (Lipinski definition) is 0. The fraction of sp³-hybridized carbons (Fsp3) is 0.222. The molecule has 0 aliphatic rings. The second kappa shape index (κ2) is 7.05. The smallest absolute Gasteiger partial charge is 0.338 e. The van der Waals surface area contributed by atoms with Gasteiger partial charge in [0.1, 0.15) is 0 Å². The number of methoxy groups -OCH3 is 1. The first kappa shape index (κ1) is 16.7. The van der Waals surface area contributed by atoms with E-state index in [0.717, 1.165) is 17.2 Å². The lowest BCUT2D eigenvalue weighted by atomic mass is 10.0. The summed E-state index contributed by atoms with van der Waals surface area (Å²) in [4.78, 5) is 24.1. The number of Topliss-reactive ketones (excluding diaryl/α,β-unsaturated/α-hetero) is 1. The standard InChI is InChI=1S/C18H17FO4/c1-11-4-5-12(2)14(8-11)16(20)10-23-18(21)13-6-7-17(22-3)15(19)9-13/h4-9H,10H2,1-3H3. The summed E-state index contributed by atoms with van der Waals surface area (Å²) in [6, 6.07) is 9.22. The third-order valence-electron chi connectivity index (χ3n) is 3.42. The van der Waals surface area contributed by atoms with Gasteiger partial charge < -0.3 is 9.47 Å². The van der Waals surface area contributed by atoms with Crippen molar-refractivity contribution < 1.29 is 23.5 Å². The van der Waals surface area contributed by atoms with Crippen LogP contribution in [0.25, 0.3) is 0 Å². The lowest BCUT2D eigenvalue weighted by molar-refractivity contribution is 0.0474. The molecule has 0 saturated carbocycles. The van der Waals surface area contributed by atoms with Gasteiger partial charge in [-0.2, -0.15) is 0 Å². The van der Waals surface area contributed by atoms with Crippen molar-refractivity contribution in [2.75, 3.05) is 13.7 Å². The number of ether oxygens (including phenoxy) is 2. The molecule has 4 nitrogen and oxygen atoms in total. The molecule has 23 heavy (non-hydrogen) atoms. The molecule has 0 aromatic heterocycles. The summed E-state index contributed by atoms with van der Waals surface area (Å²) in [7, 11) is 1.33. The van der Waals surface area contributed by atoms with Gasteiger partial charge in [0.2, 0.25) is 5.78 Å². The van der Waals surface area contributed by atoms with Crippen molar-refractivity contribution in [2.24, 2.45) is 0 Å². The van der Waals surface area contributed by atoms with E-state index < -0.39 is 18.4 Å². The Hall–Kier alpha value is -2.69. The second-order valence-corrected chi connectivity index (χ2v) is 5.17. The van der Waals surface area contributed by atoms with Crippen molar-refractivity contribution in [3.8, 4) is 5.75 Å². The highest BCUT2D eigenvalue weighted by Gasteiger charge is 2.15. The largest absolute Gasteiger partial charge is 0.494 e. The molecule has 0 fully saturated rings. The predicted octanol–water partition coefficient (Wildman–Crippen LogP) is 3.49. The van der Waals surface area contributed by atoms with Crippen molar-refractivity contribution in [2.45, 2.75) is 13.8 Å². The zero-order valence-electron chi connectivity index (χ0n) is 13.2. The number of carbonyl (C=O) groups excluding carboxylic acids is 2. The van der Waals surface area contributed by atoms with Crippen molar-refractivity contribution in [3.63, 3.8) is 0 Å². The fourth-order valence-electron chi connectivity index (χ4n) is 2.12. The van der Waals surface area contributed by atoms with E-state index in [4.69, 9.17) is 9.47 Å². The highest BCUT2D eigenvalue weighted by atomic mass is 19.1. The van der Waals surface area contributed by atoms with Crippen molar-refractivity contribution in [1.29, 1.82) is 0 Å². The van der Waals surface area contributed by atoms with Crippen LogP contribution in [-0.2, 0) is 4.74 Å². The van der Waals surface area contributed by atoms with Crippen LogP contribution in [0.4, 0.5) is 4.39 Å². The Labute approximate surface area is 133 Å². The predicted molar refractivity (Wildman–Crippen MR) is 83.5 cm³/mol. The third kappa shape index (κ3) is 3.94. The van der Waals surface area contributed by atoms with Gasteiger partial charge in [0.15, 0.2) is 18.2 Å². The van der Waals surface area contributed by atoms with Crippen molar-refractivity contribution in [3.05, 3.63) is 64.5 Å². The van der Waals surface area contributed by atoms with E-state index in [-0.39, 0.29) is 17.1 Å². The number of benzene rings is 2. The van der Waals surface area contributed by atoms with Crippen molar-refractivity contribution >= 4 is 11.8 Å². The minimum atomic E-state index is -0.759. The number of aryl methyl sites for hydroxylation is 2. The Kier molecular flexibility index (Phi) is 5.11. The van der Waals surface area contributed by atoms with Crippen LogP contribution in [0.1, 0.15) is 31.8 Å². The zero-order valence-corrected chi connectivity index (χ0v) is 13.2. The summed E-state index contributed by atoms with van der Waals surface area (Å²) in [6.45, 7) is 3.30. The van der Waals surface area contributed by atoms with E-state index in [1.807, 2.05) is 26.0 Å². The first-order valence-corrected chi connectivity index (χ1v) is 7.03. The van der Waals surface area contributed by atoms with Crippen LogP contribution in [0, 0.1) is 19.7 Å². The molecule has 5 heteroatoms. The summed E-state index contributed by atoms with van der Waals surface area (Å²) in [5.74, 6) is -1.69. The first-order valence-electron chi connectivity index (χ1n) is 7.03. The van der Waals surface area contributed by atoms with Gasteiger partial charge in [0.05, 0.1) is 12.7 Å². The molecule has 0 atom stereocenters. The van der Waals surface area contributed by atoms with E-state index in [2.05, 4.69) is 0 Å². The Morgan fingerprint density at radius 2 is 1.83 bits per heavy atom.